The summed E-state index contributed by atoms with van der Waals surface area (Å²) in [5, 5.41) is 0. The summed E-state index contributed by atoms with van der Waals surface area (Å²) in [7, 11) is 0. The lowest BCUT2D eigenvalue weighted by Gasteiger charge is -2.40. The Morgan fingerprint density at radius 1 is 0.857 bits per heavy atom. The number of rotatable bonds is 2. The molecular formula is C23H17FN2O2. The standard InChI is InChI=1S/C23H17FN2O2/c24-18-12-10-16(11-13-18)21(27)25-14-15-26-22(28)19-8-4-5-9-20(19)23(25,26)17-6-2-1-3-7-17/h1-13H,14-15H2/t23-/m1/s1. The Morgan fingerprint density at radius 2 is 1.54 bits per heavy atom. The molecule has 3 aromatic carbocycles. The van der Waals surface area contributed by atoms with Crippen molar-refractivity contribution in [2.75, 3.05) is 13.1 Å². The number of halogens is 1. The third kappa shape index (κ3) is 2.10. The average Bonchev–Trinajstić information content (AvgIpc) is 3.25. The third-order valence-electron chi connectivity index (χ3n) is 5.62. The molecule has 5 rings (SSSR count). The monoisotopic (exact) mass is 372 g/mol. The van der Waals surface area contributed by atoms with Crippen molar-refractivity contribution in [1.29, 1.82) is 0 Å². The molecule has 0 saturated carbocycles. The largest absolute Gasteiger partial charge is 0.306 e. The fourth-order valence-electron chi connectivity index (χ4n) is 4.46. The molecule has 0 unspecified atom stereocenters. The maximum atomic E-state index is 13.5. The van der Waals surface area contributed by atoms with Gasteiger partial charge >= 0.3 is 0 Å². The number of carbonyl (C=O) groups is 2. The van der Waals surface area contributed by atoms with Crippen molar-refractivity contribution >= 4 is 11.8 Å². The Kier molecular flexibility index (Phi) is 3.59. The van der Waals surface area contributed by atoms with E-state index in [9.17, 15) is 14.0 Å². The predicted molar refractivity (Wildman–Crippen MR) is 102 cm³/mol. The average molecular weight is 372 g/mol. The number of carbonyl (C=O) groups excluding carboxylic acids is 2. The molecule has 1 saturated heterocycles. The van der Waals surface area contributed by atoms with Crippen LogP contribution in [0.15, 0.2) is 78.9 Å². The molecule has 2 aliphatic rings. The van der Waals surface area contributed by atoms with Crippen molar-refractivity contribution in [3.8, 4) is 0 Å². The fraction of sp³-hybridized carbons (Fsp3) is 0.130. The Morgan fingerprint density at radius 3 is 2.29 bits per heavy atom. The fourth-order valence-corrected chi connectivity index (χ4v) is 4.46. The first-order valence-corrected chi connectivity index (χ1v) is 9.18. The minimum Gasteiger partial charge on any atom is -0.306 e. The van der Waals surface area contributed by atoms with Gasteiger partial charge in [0.15, 0.2) is 5.66 Å². The van der Waals surface area contributed by atoms with E-state index in [1.54, 1.807) is 15.9 Å². The van der Waals surface area contributed by atoms with Crippen LogP contribution in [0.25, 0.3) is 0 Å². The van der Waals surface area contributed by atoms with Gasteiger partial charge in [-0.15, -0.1) is 0 Å². The first-order valence-electron chi connectivity index (χ1n) is 9.18. The van der Waals surface area contributed by atoms with Gasteiger partial charge in [-0.05, 0) is 30.3 Å². The zero-order valence-corrected chi connectivity index (χ0v) is 15.0. The lowest BCUT2D eigenvalue weighted by atomic mass is 9.89. The zero-order valence-electron chi connectivity index (χ0n) is 15.0. The van der Waals surface area contributed by atoms with Crippen LogP contribution in [0, 0.1) is 5.82 Å². The van der Waals surface area contributed by atoms with Crippen LogP contribution in [0.5, 0.6) is 0 Å². The second-order valence-corrected chi connectivity index (χ2v) is 7.00. The summed E-state index contributed by atoms with van der Waals surface area (Å²) in [4.78, 5) is 30.1. The topological polar surface area (TPSA) is 40.6 Å². The second-order valence-electron chi connectivity index (χ2n) is 7.00. The molecule has 0 bridgehead atoms. The first-order chi connectivity index (χ1) is 13.6. The molecule has 0 aromatic heterocycles. The van der Waals surface area contributed by atoms with Gasteiger partial charge in [-0.25, -0.2) is 4.39 Å². The van der Waals surface area contributed by atoms with E-state index in [4.69, 9.17) is 0 Å². The molecule has 1 atom stereocenters. The Labute approximate surface area is 161 Å². The maximum absolute atomic E-state index is 13.5. The molecule has 4 nitrogen and oxygen atoms in total. The van der Waals surface area contributed by atoms with Crippen molar-refractivity contribution in [3.63, 3.8) is 0 Å². The number of hydrogen-bond donors (Lipinski definition) is 0. The smallest absolute Gasteiger partial charge is 0.256 e. The van der Waals surface area contributed by atoms with Crippen molar-refractivity contribution < 1.29 is 14.0 Å². The Balaban J connectivity index is 1.74. The van der Waals surface area contributed by atoms with E-state index in [1.165, 1.54) is 24.3 Å². The molecule has 5 heteroatoms. The quantitative estimate of drug-likeness (QED) is 0.689. The molecule has 3 aromatic rings. The van der Waals surface area contributed by atoms with Crippen LogP contribution in [-0.4, -0.2) is 34.7 Å². The molecule has 28 heavy (non-hydrogen) atoms. The molecule has 0 spiro atoms. The van der Waals surface area contributed by atoms with E-state index in [1.807, 2.05) is 48.5 Å². The zero-order chi connectivity index (χ0) is 19.3. The number of fused-ring (bicyclic) bond motifs is 3. The minimum absolute atomic E-state index is 0.0751. The van der Waals surface area contributed by atoms with Crippen LogP contribution in [-0.2, 0) is 5.66 Å². The molecule has 2 heterocycles. The highest BCUT2D eigenvalue weighted by molar-refractivity contribution is 6.03. The lowest BCUT2D eigenvalue weighted by molar-refractivity contribution is 0.0375. The van der Waals surface area contributed by atoms with E-state index < -0.39 is 11.5 Å². The van der Waals surface area contributed by atoms with Crippen molar-refractivity contribution in [2.45, 2.75) is 5.66 Å². The summed E-state index contributed by atoms with van der Waals surface area (Å²) in [6, 6.07) is 22.6. The van der Waals surface area contributed by atoms with Crippen LogP contribution in [0.2, 0.25) is 0 Å². The van der Waals surface area contributed by atoms with Crippen molar-refractivity contribution in [1.82, 2.24) is 9.80 Å². The van der Waals surface area contributed by atoms with Crippen LogP contribution in [0.4, 0.5) is 4.39 Å². The van der Waals surface area contributed by atoms with Gasteiger partial charge in [0, 0.05) is 35.3 Å². The van der Waals surface area contributed by atoms with Gasteiger partial charge in [0.25, 0.3) is 11.8 Å². The molecule has 0 radical (unpaired) electrons. The first kappa shape index (κ1) is 16.7. The molecule has 1 fully saturated rings. The van der Waals surface area contributed by atoms with E-state index >= 15 is 0 Å². The van der Waals surface area contributed by atoms with Gasteiger partial charge in [0.1, 0.15) is 5.82 Å². The minimum atomic E-state index is -0.986. The number of benzene rings is 3. The van der Waals surface area contributed by atoms with E-state index in [0.717, 1.165) is 11.1 Å². The predicted octanol–water partition coefficient (Wildman–Crippen LogP) is 3.64. The van der Waals surface area contributed by atoms with E-state index in [0.29, 0.717) is 24.2 Å². The molecule has 2 aliphatic heterocycles. The van der Waals surface area contributed by atoms with Crippen molar-refractivity contribution in [3.05, 3.63) is 107 Å². The second kappa shape index (κ2) is 6.02. The summed E-state index contributed by atoms with van der Waals surface area (Å²) >= 11 is 0. The number of nitrogens with zero attached hydrogens (tertiary/aromatic N) is 2. The van der Waals surface area contributed by atoms with Gasteiger partial charge < -0.3 is 9.80 Å². The number of hydrogen-bond acceptors (Lipinski definition) is 2. The van der Waals surface area contributed by atoms with E-state index in [-0.39, 0.29) is 11.8 Å². The van der Waals surface area contributed by atoms with Gasteiger partial charge in [0.05, 0.1) is 0 Å². The summed E-state index contributed by atoms with van der Waals surface area (Å²) in [5.74, 6) is -0.691. The molecule has 0 N–H and O–H groups in total. The maximum Gasteiger partial charge on any atom is 0.256 e. The Bertz CT molecular complexity index is 1080. The summed E-state index contributed by atoms with van der Waals surface area (Å²) in [5.41, 5.74) is 1.69. The third-order valence-corrected chi connectivity index (χ3v) is 5.62. The molecular weight excluding hydrogens is 355 g/mol. The summed E-state index contributed by atoms with van der Waals surface area (Å²) in [6.07, 6.45) is 0. The van der Waals surface area contributed by atoms with Gasteiger partial charge in [-0.3, -0.25) is 9.59 Å². The van der Waals surface area contributed by atoms with Gasteiger partial charge in [-0.2, -0.15) is 0 Å². The van der Waals surface area contributed by atoms with Crippen LogP contribution < -0.4 is 0 Å². The van der Waals surface area contributed by atoms with Crippen LogP contribution in [0.1, 0.15) is 31.8 Å². The normalized spacial score (nSPS) is 20.2. The highest BCUT2D eigenvalue weighted by Gasteiger charge is 2.59. The van der Waals surface area contributed by atoms with E-state index in [2.05, 4.69) is 0 Å². The van der Waals surface area contributed by atoms with Crippen molar-refractivity contribution in [2.24, 2.45) is 0 Å². The number of amides is 2. The van der Waals surface area contributed by atoms with Crippen LogP contribution in [0.3, 0.4) is 0 Å². The lowest BCUT2D eigenvalue weighted by Crippen LogP contribution is -2.51. The molecule has 138 valence electrons. The highest BCUT2D eigenvalue weighted by Crippen LogP contribution is 2.49. The highest BCUT2D eigenvalue weighted by atomic mass is 19.1. The van der Waals surface area contributed by atoms with Gasteiger partial charge in [0.2, 0.25) is 0 Å². The summed E-state index contributed by atoms with van der Waals surface area (Å²) < 4.78 is 13.4. The molecule has 2 amide bonds. The summed E-state index contributed by atoms with van der Waals surface area (Å²) in [6.45, 7) is 0.848. The van der Waals surface area contributed by atoms with Crippen LogP contribution >= 0.6 is 0 Å². The Hall–Kier alpha value is -3.47. The SMILES string of the molecule is O=C(c1ccc(F)cc1)N1CCN2C(=O)c3ccccc3[C@]12c1ccccc1. The molecule has 0 aliphatic carbocycles. The van der Waals surface area contributed by atoms with Gasteiger partial charge in [-0.1, -0.05) is 48.5 Å².